The van der Waals surface area contributed by atoms with E-state index < -0.39 is 5.97 Å². The molecule has 0 fully saturated rings. The van der Waals surface area contributed by atoms with Crippen LogP contribution in [0.15, 0.2) is 34.7 Å². The third-order valence-corrected chi connectivity index (χ3v) is 3.99. The number of rotatable bonds is 4. The molecule has 2 heterocycles. The second-order valence-electron chi connectivity index (χ2n) is 5.36. The average molecular weight is 285 g/mol. The summed E-state index contributed by atoms with van der Waals surface area (Å²) in [4.78, 5) is 13.6. The lowest BCUT2D eigenvalue weighted by molar-refractivity contribution is 0.0695. The number of fused-ring (bicyclic) bond motifs is 1. The first-order valence-electron chi connectivity index (χ1n) is 7.36. The van der Waals surface area contributed by atoms with E-state index >= 15 is 0 Å². The smallest absolute Gasteiger partial charge is 0.336 e. The largest absolute Gasteiger partial charge is 0.478 e. The van der Waals surface area contributed by atoms with Crippen molar-refractivity contribution in [2.75, 3.05) is 11.4 Å². The van der Waals surface area contributed by atoms with Gasteiger partial charge in [0.05, 0.1) is 12.1 Å². The monoisotopic (exact) mass is 285 g/mol. The minimum atomic E-state index is -0.847. The summed E-state index contributed by atoms with van der Waals surface area (Å²) in [6.07, 6.45) is 2.69. The molecular weight excluding hydrogens is 266 g/mol. The molecule has 1 aliphatic heterocycles. The number of carboxylic acid groups (broad SMARTS) is 1. The molecular formula is C17H19NO3. The topological polar surface area (TPSA) is 53.7 Å². The second kappa shape index (κ2) is 5.64. The molecule has 0 bridgehead atoms. The fourth-order valence-electron chi connectivity index (χ4n) is 2.95. The first-order valence-corrected chi connectivity index (χ1v) is 7.36. The Hall–Kier alpha value is -2.23. The highest BCUT2D eigenvalue weighted by atomic mass is 16.4. The number of aryl methyl sites for hydroxylation is 1. The molecule has 0 saturated heterocycles. The predicted molar refractivity (Wildman–Crippen MR) is 80.9 cm³/mol. The molecule has 0 amide bonds. The zero-order valence-electron chi connectivity index (χ0n) is 12.1. The van der Waals surface area contributed by atoms with Crippen LogP contribution in [0.25, 0.3) is 0 Å². The van der Waals surface area contributed by atoms with Crippen LogP contribution in [0.4, 0.5) is 5.69 Å². The second-order valence-corrected chi connectivity index (χ2v) is 5.36. The molecule has 4 heteroatoms. The Bertz CT molecular complexity index is 660. The number of benzene rings is 1. The van der Waals surface area contributed by atoms with Gasteiger partial charge in [0.2, 0.25) is 0 Å². The summed E-state index contributed by atoms with van der Waals surface area (Å²) in [5.74, 6) is 1.07. The first kappa shape index (κ1) is 13.7. The molecule has 21 heavy (non-hydrogen) atoms. The minimum Gasteiger partial charge on any atom is -0.478 e. The summed E-state index contributed by atoms with van der Waals surface area (Å²) in [7, 11) is 0. The summed E-state index contributed by atoms with van der Waals surface area (Å²) in [5.41, 5.74) is 2.39. The van der Waals surface area contributed by atoms with E-state index in [1.807, 2.05) is 24.3 Å². The molecule has 4 nitrogen and oxygen atoms in total. The van der Waals surface area contributed by atoms with Gasteiger partial charge in [0.15, 0.2) is 0 Å². The van der Waals surface area contributed by atoms with Gasteiger partial charge in [-0.25, -0.2) is 4.79 Å². The van der Waals surface area contributed by atoms with E-state index in [0.717, 1.165) is 48.6 Å². The minimum absolute atomic E-state index is 0.422. The van der Waals surface area contributed by atoms with E-state index in [1.165, 1.54) is 0 Å². The summed E-state index contributed by atoms with van der Waals surface area (Å²) in [6.45, 7) is 3.69. The van der Waals surface area contributed by atoms with Gasteiger partial charge < -0.3 is 14.4 Å². The molecule has 0 aliphatic carbocycles. The molecule has 1 N–H and O–H groups in total. The van der Waals surface area contributed by atoms with Gasteiger partial charge >= 0.3 is 5.97 Å². The van der Waals surface area contributed by atoms with E-state index in [4.69, 9.17) is 4.42 Å². The quantitative estimate of drug-likeness (QED) is 0.934. The Morgan fingerprint density at radius 1 is 1.29 bits per heavy atom. The molecule has 1 aromatic heterocycles. The van der Waals surface area contributed by atoms with Crippen LogP contribution in [0.1, 0.15) is 40.8 Å². The predicted octanol–water partition coefficient (Wildman–Crippen LogP) is 3.49. The van der Waals surface area contributed by atoms with E-state index in [-0.39, 0.29) is 0 Å². The van der Waals surface area contributed by atoms with Crippen LogP contribution in [-0.2, 0) is 19.4 Å². The highest BCUT2D eigenvalue weighted by Gasteiger charge is 2.22. The SMILES string of the molecule is CCc1ccc(CN2CCCc3c(C(=O)O)cccc32)o1. The van der Waals surface area contributed by atoms with Gasteiger partial charge in [-0.05, 0) is 42.7 Å². The lowest BCUT2D eigenvalue weighted by Crippen LogP contribution is -2.29. The van der Waals surface area contributed by atoms with Gasteiger partial charge in [-0.1, -0.05) is 13.0 Å². The number of carboxylic acids is 1. The zero-order chi connectivity index (χ0) is 14.8. The first-order chi connectivity index (χ1) is 10.2. The summed E-state index contributed by atoms with van der Waals surface area (Å²) < 4.78 is 5.77. The highest BCUT2D eigenvalue weighted by Crippen LogP contribution is 2.31. The van der Waals surface area contributed by atoms with E-state index in [0.29, 0.717) is 12.1 Å². The molecule has 0 spiro atoms. The Balaban J connectivity index is 1.90. The van der Waals surface area contributed by atoms with Crippen LogP contribution in [0.2, 0.25) is 0 Å². The zero-order valence-corrected chi connectivity index (χ0v) is 12.1. The van der Waals surface area contributed by atoms with Gasteiger partial charge in [-0.2, -0.15) is 0 Å². The number of aromatic carboxylic acids is 1. The molecule has 2 aromatic rings. The summed E-state index contributed by atoms with van der Waals surface area (Å²) >= 11 is 0. The molecule has 110 valence electrons. The fourth-order valence-corrected chi connectivity index (χ4v) is 2.95. The van der Waals surface area contributed by atoms with Crippen molar-refractivity contribution in [1.82, 2.24) is 0 Å². The molecule has 1 aromatic carbocycles. The van der Waals surface area contributed by atoms with Gasteiger partial charge in [0, 0.05) is 18.7 Å². The highest BCUT2D eigenvalue weighted by molar-refractivity contribution is 5.91. The van der Waals surface area contributed by atoms with E-state index in [9.17, 15) is 9.90 Å². The van der Waals surface area contributed by atoms with Crippen LogP contribution < -0.4 is 4.90 Å². The van der Waals surface area contributed by atoms with Crippen molar-refractivity contribution in [3.63, 3.8) is 0 Å². The number of hydrogen-bond acceptors (Lipinski definition) is 3. The average Bonchev–Trinajstić information content (AvgIpc) is 2.94. The molecule has 0 unspecified atom stereocenters. The lowest BCUT2D eigenvalue weighted by Gasteiger charge is -2.31. The van der Waals surface area contributed by atoms with Crippen molar-refractivity contribution in [2.24, 2.45) is 0 Å². The standard InChI is InChI=1S/C17H19NO3/c1-2-12-8-9-13(21-12)11-18-10-4-6-14-15(17(19)20)5-3-7-16(14)18/h3,5,7-9H,2,4,6,10-11H2,1H3,(H,19,20). The van der Waals surface area contributed by atoms with Crippen molar-refractivity contribution >= 4 is 11.7 Å². The van der Waals surface area contributed by atoms with Gasteiger partial charge in [0.1, 0.15) is 11.5 Å². The summed E-state index contributed by atoms with van der Waals surface area (Å²) in [5, 5.41) is 9.32. The van der Waals surface area contributed by atoms with Gasteiger partial charge in [-0.3, -0.25) is 0 Å². The van der Waals surface area contributed by atoms with Gasteiger partial charge in [-0.15, -0.1) is 0 Å². The molecule has 1 aliphatic rings. The molecule has 0 saturated carbocycles. The van der Waals surface area contributed by atoms with Crippen LogP contribution in [0.3, 0.4) is 0 Å². The van der Waals surface area contributed by atoms with Crippen LogP contribution in [0.5, 0.6) is 0 Å². The van der Waals surface area contributed by atoms with Crippen molar-refractivity contribution < 1.29 is 14.3 Å². The van der Waals surface area contributed by atoms with Crippen molar-refractivity contribution in [3.05, 3.63) is 53.0 Å². The lowest BCUT2D eigenvalue weighted by atomic mass is 9.96. The number of furan rings is 1. The summed E-state index contributed by atoms with van der Waals surface area (Å²) in [6, 6.07) is 9.53. The third kappa shape index (κ3) is 2.66. The number of anilines is 1. The molecule has 0 radical (unpaired) electrons. The maximum atomic E-state index is 11.3. The van der Waals surface area contributed by atoms with Crippen molar-refractivity contribution in [3.8, 4) is 0 Å². The van der Waals surface area contributed by atoms with Crippen molar-refractivity contribution in [2.45, 2.75) is 32.7 Å². The van der Waals surface area contributed by atoms with E-state index in [2.05, 4.69) is 11.8 Å². The maximum absolute atomic E-state index is 11.3. The Kier molecular flexibility index (Phi) is 3.69. The fraction of sp³-hybridized carbons (Fsp3) is 0.353. The Morgan fingerprint density at radius 3 is 2.81 bits per heavy atom. The third-order valence-electron chi connectivity index (χ3n) is 3.99. The van der Waals surface area contributed by atoms with Crippen LogP contribution >= 0.6 is 0 Å². The van der Waals surface area contributed by atoms with Crippen LogP contribution in [0, 0.1) is 0 Å². The number of carbonyl (C=O) groups is 1. The number of nitrogens with zero attached hydrogens (tertiary/aromatic N) is 1. The molecule has 0 atom stereocenters. The Labute approximate surface area is 124 Å². The molecule has 3 rings (SSSR count). The number of hydrogen-bond donors (Lipinski definition) is 1. The normalized spacial score (nSPS) is 14.0. The Morgan fingerprint density at radius 2 is 2.10 bits per heavy atom. The van der Waals surface area contributed by atoms with Crippen molar-refractivity contribution in [1.29, 1.82) is 0 Å². The van der Waals surface area contributed by atoms with Crippen LogP contribution in [-0.4, -0.2) is 17.6 Å². The maximum Gasteiger partial charge on any atom is 0.336 e. The van der Waals surface area contributed by atoms with Gasteiger partial charge in [0.25, 0.3) is 0 Å². The van der Waals surface area contributed by atoms with E-state index in [1.54, 1.807) is 6.07 Å².